The summed E-state index contributed by atoms with van der Waals surface area (Å²) >= 11 is 0. The van der Waals surface area contributed by atoms with E-state index in [1.165, 1.54) is 6.07 Å². The zero-order chi connectivity index (χ0) is 16.0. The molecule has 110 valence electrons. The van der Waals surface area contributed by atoms with Crippen molar-refractivity contribution in [3.63, 3.8) is 0 Å². The summed E-state index contributed by atoms with van der Waals surface area (Å²) in [7, 11) is 0. The lowest BCUT2D eigenvalue weighted by molar-refractivity contribution is -0.145. The molecule has 0 radical (unpaired) electrons. The Morgan fingerprint density at radius 3 is 2.52 bits per heavy atom. The number of anilines is 1. The summed E-state index contributed by atoms with van der Waals surface area (Å²) in [5.41, 5.74) is -0.238. The Balaban J connectivity index is 2.74. The molecule has 8 nitrogen and oxygen atoms in total. The van der Waals surface area contributed by atoms with Gasteiger partial charge < -0.3 is 20.8 Å². The maximum atomic E-state index is 13.1. The first-order chi connectivity index (χ1) is 9.83. The topological polar surface area (TPSA) is 140 Å². The van der Waals surface area contributed by atoms with E-state index in [2.05, 4.69) is 5.32 Å². The maximum Gasteiger partial charge on any atom is 0.326 e. The average Bonchev–Trinajstić information content (AvgIpc) is 2.39. The zero-order valence-corrected chi connectivity index (χ0v) is 10.5. The molecule has 0 aromatic heterocycles. The van der Waals surface area contributed by atoms with E-state index in [1.807, 2.05) is 5.32 Å². The van der Waals surface area contributed by atoms with Crippen LogP contribution in [-0.4, -0.2) is 34.2 Å². The fraction of sp³-hybridized carbons (Fsp3) is 0.167. The molecule has 0 bridgehead atoms. The quantitative estimate of drug-likeness (QED) is 0.632. The van der Waals surface area contributed by atoms with E-state index in [1.54, 1.807) is 6.07 Å². The number of urea groups is 1. The molecular formula is C12H10FN3O5. The molecule has 0 aliphatic carbocycles. The molecule has 9 heteroatoms. The second-order valence-electron chi connectivity index (χ2n) is 3.89. The van der Waals surface area contributed by atoms with E-state index in [9.17, 15) is 18.8 Å². The zero-order valence-electron chi connectivity index (χ0n) is 10.5. The van der Waals surface area contributed by atoms with Crippen LogP contribution in [0.4, 0.5) is 14.9 Å². The van der Waals surface area contributed by atoms with Crippen molar-refractivity contribution in [1.29, 1.82) is 5.26 Å². The highest BCUT2D eigenvalue weighted by Gasteiger charge is 2.23. The van der Waals surface area contributed by atoms with Crippen LogP contribution in [0.1, 0.15) is 12.0 Å². The molecule has 1 atom stereocenters. The van der Waals surface area contributed by atoms with Crippen LogP contribution in [0.3, 0.4) is 0 Å². The van der Waals surface area contributed by atoms with Gasteiger partial charge in [-0.3, -0.25) is 4.79 Å². The molecule has 1 rings (SSSR count). The van der Waals surface area contributed by atoms with Crippen molar-refractivity contribution in [2.75, 3.05) is 5.32 Å². The van der Waals surface area contributed by atoms with Crippen LogP contribution in [0.5, 0.6) is 0 Å². The van der Waals surface area contributed by atoms with Gasteiger partial charge in [0.25, 0.3) is 0 Å². The minimum atomic E-state index is -1.61. The molecule has 0 spiro atoms. The SMILES string of the molecule is N#Cc1cc(NC(=O)N[C@@H](CC(=O)O)C(=O)O)ccc1F. The molecule has 21 heavy (non-hydrogen) atoms. The number of hydrogen-bond donors (Lipinski definition) is 4. The van der Waals surface area contributed by atoms with Gasteiger partial charge in [-0.2, -0.15) is 5.26 Å². The number of amides is 2. The molecule has 0 fully saturated rings. The van der Waals surface area contributed by atoms with Crippen molar-refractivity contribution in [2.24, 2.45) is 0 Å². The number of halogens is 1. The number of rotatable bonds is 5. The van der Waals surface area contributed by atoms with Crippen LogP contribution >= 0.6 is 0 Å². The Hall–Kier alpha value is -3.15. The van der Waals surface area contributed by atoms with Crippen molar-refractivity contribution in [1.82, 2.24) is 5.32 Å². The van der Waals surface area contributed by atoms with E-state index in [0.29, 0.717) is 0 Å². The highest BCUT2D eigenvalue weighted by atomic mass is 19.1. The smallest absolute Gasteiger partial charge is 0.326 e. The molecule has 0 saturated heterocycles. The first-order valence-electron chi connectivity index (χ1n) is 5.55. The van der Waals surface area contributed by atoms with Gasteiger partial charge >= 0.3 is 18.0 Å². The molecule has 0 aliphatic rings. The minimum absolute atomic E-state index is 0.0601. The molecular weight excluding hydrogens is 285 g/mol. The molecule has 2 amide bonds. The van der Waals surface area contributed by atoms with Crippen LogP contribution in [0, 0.1) is 17.1 Å². The van der Waals surface area contributed by atoms with Gasteiger partial charge in [0, 0.05) is 5.69 Å². The first-order valence-corrected chi connectivity index (χ1v) is 5.55. The number of nitriles is 1. The van der Waals surface area contributed by atoms with Crippen LogP contribution in [0.15, 0.2) is 18.2 Å². The molecule has 0 saturated carbocycles. The van der Waals surface area contributed by atoms with E-state index in [4.69, 9.17) is 15.5 Å². The lowest BCUT2D eigenvalue weighted by Gasteiger charge is -2.13. The fourth-order valence-electron chi connectivity index (χ4n) is 1.39. The van der Waals surface area contributed by atoms with Crippen LogP contribution in [0.2, 0.25) is 0 Å². The van der Waals surface area contributed by atoms with E-state index in [0.717, 1.165) is 12.1 Å². The van der Waals surface area contributed by atoms with Crippen LogP contribution in [0.25, 0.3) is 0 Å². The lowest BCUT2D eigenvalue weighted by atomic mass is 10.2. The summed E-state index contributed by atoms with van der Waals surface area (Å²) < 4.78 is 13.1. The summed E-state index contributed by atoms with van der Waals surface area (Å²) in [6.45, 7) is 0. The Kier molecular flexibility index (Phi) is 5.19. The molecule has 1 aromatic rings. The van der Waals surface area contributed by atoms with Gasteiger partial charge in [0.1, 0.15) is 17.9 Å². The van der Waals surface area contributed by atoms with Crippen LogP contribution in [-0.2, 0) is 9.59 Å². The maximum absolute atomic E-state index is 13.1. The summed E-state index contributed by atoms with van der Waals surface area (Å²) in [5.74, 6) is -3.67. The van der Waals surface area contributed by atoms with E-state index in [-0.39, 0.29) is 11.3 Å². The third-order valence-electron chi connectivity index (χ3n) is 2.33. The summed E-state index contributed by atoms with van der Waals surface area (Å²) in [4.78, 5) is 32.8. The van der Waals surface area contributed by atoms with Gasteiger partial charge in [-0.25, -0.2) is 14.0 Å². The number of nitrogens with zero attached hydrogens (tertiary/aromatic N) is 1. The molecule has 0 heterocycles. The monoisotopic (exact) mass is 295 g/mol. The Bertz CT molecular complexity index is 626. The predicted octanol–water partition coefficient (Wildman–Crippen LogP) is 0.747. The number of aliphatic carboxylic acids is 2. The van der Waals surface area contributed by atoms with E-state index < -0.39 is 36.2 Å². The van der Waals surface area contributed by atoms with Gasteiger partial charge in [0.2, 0.25) is 0 Å². The highest BCUT2D eigenvalue weighted by Crippen LogP contribution is 2.13. The number of hydrogen-bond acceptors (Lipinski definition) is 4. The first kappa shape index (κ1) is 15.9. The lowest BCUT2D eigenvalue weighted by Crippen LogP contribution is -2.44. The third kappa shape index (κ3) is 4.79. The summed E-state index contributed by atoms with van der Waals surface area (Å²) in [6.07, 6.45) is -0.796. The predicted molar refractivity (Wildman–Crippen MR) is 66.9 cm³/mol. The van der Waals surface area contributed by atoms with Gasteiger partial charge in [-0.05, 0) is 18.2 Å². The number of carboxylic acid groups (broad SMARTS) is 2. The highest BCUT2D eigenvalue weighted by molar-refractivity contribution is 5.93. The van der Waals surface area contributed by atoms with Crippen molar-refractivity contribution >= 4 is 23.7 Å². The van der Waals surface area contributed by atoms with Gasteiger partial charge in [0.05, 0.1) is 12.0 Å². The number of nitrogens with one attached hydrogen (secondary N) is 2. The standard InChI is InChI=1S/C12H10FN3O5/c13-8-2-1-7(3-6(8)5-14)15-12(21)16-9(11(19)20)4-10(17)18/h1-3,9H,4H2,(H,17,18)(H,19,20)(H2,15,16,21)/t9-/m0/s1. The Morgan fingerprint density at radius 2 is 2.00 bits per heavy atom. The molecule has 0 unspecified atom stereocenters. The molecule has 1 aromatic carbocycles. The minimum Gasteiger partial charge on any atom is -0.481 e. The number of carbonyl (C=O) groups excluding carboxylic acids is 1. The third-order valence-corrected chi connectivity index (χ3v) is 2.33. The van der Waals surface area contributed by atoms with Crippen molar-refractivity contribution in [2.45, 2.75) is 12.5 Å². The summed E-state index contributed by atoms with van der Waals surface area (Å²) in [6, 6.07) is 2.16. The van der Waals surface area contributed by atoms with Gasteiger partial charge in [-0.15, -0.1) is 0 Å². The fourth-order valence-corrected chi connectivity index (χ4v) is 1.39. The second-order valence-corrected chi connectivity index (χ2v) is 3.89. The number of carbonyl (C=O) groups is 3. The molecule has 4 N–H and O–H groups in total. The average molecular weight is 295 g/mol. The second kappa shape index (κ2) is 6.85. The van der Waals surface area contributed by atoms with Crippen molar-refractivity contribution in [3.8, 4) is 6.07 Å². The molecule has 0 aliphatic heterocycles. The summed E-state index contributed by atoms with van der Waals surface area (Å²) in [5, 5.41) is 30.0. The van der Waals surface area contributed by atoms with Gasteiger partial charge in [0.15, 0.2) is 0 Å². The number of benzene rings is 1. The van der Waals surface area contributed by atoms with Crippen molar-refractivity contribution in [3.05, 3.63) is 29.6 Å². The Labute approximate surface area is 117 Å². The Morgan fingerprint density at radius 1 is 1.33 bits per heavy atom. The number of carboxylic acids is 2. The normalized spacial score (nSPS) is 11.0. The largest absolute Gasteiger partial charge is 0.481 e. The van der Waals surface area contributed by atoms with Crippen LogP contribution < -0.4 is 10.6 Å². The van der Waals surface area contributed by atoms with Crippen molar-refractivity contribution < 1.29 is 29.0 Å². The van der Waals surface area contributed by atoms with E-state index >= 15 is 0 Å². The van der Waals surface area contributed by atoms with Gasteiger partial charge in [-0.1, -0.05) is 0 Å².